The molecule has 9 nitrogen and oxygen atoms in total. The first-order valence-electron chi connectivity index (χ1n) is 12.0. The summed E-state index contributed by atoms with van der Waals surface area (Å²) in [5.41, 5.74) is 0.498. The SMILES string of the molecule is CC1N=C(Nc2ccc(N3CCNCC3)cn2)N=C2C1OC1(CC1)C(=O)N2C1CCCC1. The number of aromatic nitrogens is 1. The first kappa shape index (κ1) is 20.1. The number of ether oxygens (including phenoxy) is 1. The predicted molar refractivity (Wildman–Crippen MR) is 123 cm³/mol. The second kappa shape index (κ2) is 7.81. The summed E-state index contributed by atoms with van der Waals surface area (Å²) in [5, 5.41) is 6.63. The van der Waals surface area contributed by atoms with Gasteiger partial charge in [-0.15, -0.1) is 0 Å². The number of carbonyl (C=O) groups excluding carboxylic acids is 1. The van der Waals surface area contributed by atoms with Crippen LogP contribution in [0.5, 0.6) is 0 Å². The Bertz CT molecular complexity index is 944. The lowest BCUT2D eigenvalue weighted by atomic mass is 10.0. The Kier molecular flexibility index (Phi) is 4.91. The molecule has 2 N–H and O–H groups in total. The smallest absolute Gasteiger partial charge is 0.260 e. The summed E-state index contributed by atoms with van der Waals surface area (Å²) < 4.78 is 6.30. The Balaban J connectivity index is 1.24. The van der Waals surface area contributed by atoms with Crippen LogP contribution < -0.4 is 15.5 Å². The molecule has 1 aromatic heterocycles. The fraction of sp³-hybridized carbons (Fsp3) is 0.652. The Hall–Kier alpha value is -2.52. The molecule has 0 aromatic carbocycles. The third-order valence-electron chi connectivity index (χ3n) is 7.31. The highest BCUT2D eigenvalue weighted by molar-refractivity contribution is 6.13. The van der Waals surface area contributed by atoms with Crippen molar-refractivity contribution >= 4 is 29.2 Å². The number of morpholine rings is 1. The summed E-state index contributed by atoms with van der Waals surface area (Å²) in [6, 6.07) is 4.17. The zero-order valence-electron chi connectivity index (χ0n) is 18.6. The van der Waals surface area contributed by atoms with Crippen LogP contribution in [0, 0.1) is 0 Å². The minimum atomic E-state index is -0.623. The number of aliphatic imine (C=N–C) groups is 2. The summed E-state index contributed by atoms with van der Waals surface area (Å²) in [6.45, 7) is 6.00. The standard InChI is InChI=1S/C23H31N7O2/c1-15-19-20(30(16-4-2-3-5-16)21(31)23(32-19)8-9-23)28-22(26-15)27-18-7-6-17(14-25-18)29-12-10-24-11-13-29/h6-7,14-16,19,24H,2-5,8-13H2,1H3,(H,25,26,27). The van der Waals surface area contributed by atoms with Crippen molar-refractivity contribution in [2.75, 3.05) is 36.4 Å². The van der Waals surface area contributed by atoms with Crippen LogP contribution in [0.2, 0.25) is 0 Å². The number of nitrogens with zero attached hydrogens (tertiary/aromatic N) is 5. The topological polar surface area (TPSA) is 94.5 Å². The van der Waals surface area contributed by atoms with E-state index >= 15 is 0 Å². The molecule has 0 radical (unpaired) electrons. The molecular formula is C23H31N7O2. The van der Waals surface area contributed by atoms with Crippen LogP contribution in [0.15, 0.2) is 28.3 Å². The Morgan fingerprint density at radius 1 is 1.19 bits per heavy atom. The van der Waals surface area contributed by atoms with E-state index in [0.717, 1.165) is 63.4 Å². The van der Waals surface area contributed by atoms with E-state index in [1.54, 1.807) is 0 Å². The van der Waals surface area contributed by atoms with Gasteiger partial charge in [-0.1, -0.05) is 12.8 Å². The molecule has 2 saturated heterocycles. The summed E-state index contributed by atoms with van der Waals surface area (Å²) in [7, 11) is 0. The lowest BCUT2D eigenvalue weighted by molar-refractivity contribution is -0.154. The molecular weight excluding hydrogens is 406 g/mol. The van der Waals surface area contributed by atoms with Crippen LogP contribution in [0.3, 0.4) is 0 Å². The molecule has 6 rings (SSSR count). The predicted octanol–water partition coefficient (Wildman–Crippen LogP) is 1.76. The maximum atomic E-state index is 13.3. The van der Waals surface area contributed by atoms with Crippen molar-refractivity contribution in [2.45, 2.75) is 69.2 Å². The van der Waals surface area contributed by atoms with Crippen LogP contribution >= 0.6 is 0 Å². The Morgan fingerprint density at radius 2 is 1.97 bits per heavy atom. The Morgan fingerprint density at radius 3 is 2.66 bits per heavy atom. The first-order valence-corrected chi connectivity index (χ1v) is 12.0. The van der Waals surface area contributed by atoms with Gasteiger partial charge in [-0.25, -0.2) is 9.98 Å². The number of carbonyl (C=O) groups is 1. The number of hydrogen-bond donors (Lipinski definition) is 2. The van der Waals surface area contributed by atoms with E-state index in [0.29, 0.717) is 11.8 Å². The van der Waals surface area contributed by atoms with Crippen molar-refractivity contribution in [1.82, 2.24) is 15.2 Å². The van der Waals surface area contributed by atoms with Gasteiger partial charge in [-0.2, -0.15) is 4.99 Å². The average molecular weight is 438 g/mol. The van der Waals surface area contributed by atoms with Gasteiger partial charge in [0.25, 0.3) is 5.91 Å². The van der Waals surface area contributed by atoms with Gasteiger partial charge in [-0.3, -0.25) is 9.69 Å². The number of rotatable bonds is 3. The molecule has 5 aliphatic rings. The number of amidine groups is 1. The zero-order chi connectivity index (χ0) is 21.7. The summed E-state index contributed by atoms with van der Waals surface area (Å²) in [4.78, 5) is 31.8. The van der Waals surface area contributed by atoms with Crippen molar-refractivity contribution in [1.29, 1.82) is 0 Å². The summed E-state index contributed by atoms with van der Waals surface area (Å²) >= 11 is 0. The normalized spacial score (nSPS) is 29.6. The van der Waals surface area contributed by atoms with Crippen LogP contribution in [0.25, 0.3) is 0 Å². The second-order valence-corrected chi connectivity index (χ2v) is 9.57. The average Bonchev–Trinajstić information content (AvgIpc) is 3.39. The molecule has 32 heavy (non-hydrogen) atoms. The maximum absolute atomic E-state index is 13.3. The molecule has 170 valence electrons. The van der Waals surface area contributed by atoms with E-state index < -0.39 is 5.60 Å². The van der Waals surface area contributed by atoms with E-state index in [1.165, 1.54) is 12.8 Å². The van der Waals surface area contributed by atoms with E-state index in [2.05, 4.69) is 26.6 Å². The highest BCUT2D eigenvalue weighted by Crippen LogP contribution is 2.47. The molecule has 0 bridgehead atoms. The van der Waals surface area contributed by atoms with Crippen LogP contribution in [-0.4, -0.2) is 77.6 Å². The lowest BCUT2D eigenvalue weighted by Gasteiger charge is -2.44. The van der Waals surface area contributed by atoms with Gasteiger partial charge in [0.15, 0.2) is 0 Å². The van der Waals surface area contributed by atoms with Crippen molar-refractivity contribution in [3.63, 3.8) is 0 Å². The van der Waals surface area contributed by atoms with Gasteiger partial charge >= 0.3 is 0 Å². The molecule has 4 heterocycles. The molecule has 2 unspecified atom stereocenters. The van der Waals surface area contributed by atoms with Gasteiger partial charge in [0.1, 0.15) is 23.4 Å². The number of hydrogen-bond acceptors (Lipinski definition) is 8. The lowest BCUT2D eigenvalue weighted by Crippen LogP contribution is -2.63. The van der Waals surface area contributed by atoms with Gasteiger partial charge in [0.2, 0.25) is 5.96 Å². The third-order valence-corrected chi connectivity index (χ3v) is 7.31. The molecule has 1 amide bonds. The van der Waals surface area contributed by atoms with E-state index in [-0.39, 0.29) is 24.1 Å². The zero-order valence-corrected chi connectivity index (χ0v) is 18.6. The van der Waals surface area contributed by atoms with Gasteiger partial charge in [0.05, 0.1) is 17.9 Å². The van der Waals surface area contributed by atoms with Gasteiger partial charge < -0.3 is 20.3 Å². The minimum absolute atomic E-state index is 0.103. The van der Waals surface area contributed by atoms with Crippen molar-refractivity contribution in [3.8, 4) is 0 Å². The van der Waals surface area contributed by atoms with Crippen LogP contribution in [0.4, 0.5) is 11.5 Å². The number of guanidine groups is 1. The van der Waals surface area contributed by atoms with Crippen molar-refractivity contribution in [2.24, 2.45) is 9.98 Å². The molecule has 1 spiro atoms. The van der Waals surface area contributed by atoms with E-state index in [9.17, 15) is 4.79 Å². The first-order chi connectivity index (χ1) is 15.6. The molecule has 2 atom stereocenters. The van der Waals surface area contributed by atoms with E-state index in [1.807, 2.05) is 24.1 Å². The number of anilines is 2. The molecule has 1 aromatic rings. The summed E-state index contributed by atoms with van der Waals surface area (Å²) in [6.07, 6.45) is 7.66. The number of amides is 1. The fourth-order valence-electron chi connectivity index (χ4n) is 5.34. The quantitative estimate of drug-likeness (QED) is 0.748. The second-order valence-electron chi connectivity index (χ2n) is 9.57. The van der Waals surface area contributed by atoms with Crippen LogP contribution in [-0.2, 0) is 9.53 Å². The minimum Gasteiger partial charge on any atom is -0.368 e. The van der Waals surface area contributed by atoms with Gasteiger partial charge in [0, 0.05) is 32.2 Å². The number of fused-ring (bicyclic) bond motifs is 1. The van der Waals surface area contributed by atoms with Gasteiger partial charge in [-0.05, 0) is 44.7 Å². The number of nitrogens with one attached hydrogen (secondary N) is 2. The molecule has 3 aliphatic heterocycles. The highest BCUT2D eigenvalue weighted by atomic mass is 16.5. The van der Waals surface area contributed by atoms with Crippen molar-refractivity contribution < 1.29 is 9.53 Å². The largest absolute Gasteiger partial charge is 0.368 e. The monoisotopic (exact) mass is 437 g/mol. The van der Waals surface area contributed by atoms with E-state index in [4.69, 9.17) is 14.7 Å². The molecule has 4 fully saturated rings. The number of piperazine rings is 1. The third kappa shape index (κ3) is 3.47. The molecule has 2 saturated carbocycles. The fourth-order valence-corrected chi connectivity index (χ4v) is 5.34. The molecule has 9 heteroatoms. The van der Waals surface area contributed by atoms with Crippen molar-refractivity contribution in [3.05, 3.63) is 18.3 Å². The maximum Gasteiger partial charge on any atom is 0.260 e. The highest BCUT2D eigenvalue weighted by Gasteiger charge is 2.61. The number of pyridine rings is 1. The Labute approximate surface area is 188 Å². The van der Waals surface area contributed by atoms with Crippen LogP contribution in [0.1, 0.15) is 45.4 Å². The molecule has 2 aliphatic carbocycles. The summed E-state index contributed by atoms with van der Waals surface area (Å²) in [5.74, 6) is 2.03.